The molecular weight excluding hydrogens is 448 g/mol. The molecule has 2 aromatic carbocycles. The monoisotopic (exact) mass is 474 g/mol. The number of rotatable bonds is 10. The van der Waals surface area contributed by atoms with Crippen molar-refractivity contribution in [3.8, 4) is 0 Å². The number of nitrogens with zero attached hydrogens (tertiary/aromatic N) is 2. The van der Waals surface area contributed by atoms with Crippen LogP contribution in [0.4, 0.5) is 0 Å². The van der Waals surface area contributed by atoms with Crippen LogP contribution in [-0.4, -0.2) is 42.7 Å². The first-order valence-electron chi connectivity index (χ1n) is 10.4. The second-order valence-corrected chi connectivity index (χ2v) is 10.1. The summed E-state index contributed by atoms with van der Waals surface area (Å²) in [6.07, 6.45) is 2.21. The molecule has 0 saturated carbocycles. The SMILES string of the molecule is CC(C)N(CC(=O)N(CCc1ccccc1)Cc1ccco1)S(=O)(=O)c1ccc(Cl)cc1. The minimum atomic E-state index is -3.87. The number of sulfonamides is 1. The largest absolute Gasteiger partial charge is 0.467 e. The Morgan fingerprint density at radius 1 is 1.00 bits per heavy atom. The van der Waals surface area contributed by atoms with Gasteiger partial charge in [-0.25, -0.2) is 8.42 Å². The number of halogens is 1. The number of carbonyl (C=O) groups is 1. The molecule has 0 radical (unpaired) electrons. The molecule has 0 atom stereocenters. The van der Waals surface area contributed by atoms with Gasteiger partial charge >= 0.3 is 0 Å². The second kappa shape index (κ2) is 10.8. The van der Waals surface area contributed by atoms with Crippen LogP contribution in [0.2, 0.25) is 5.02 Å². The number of amides is 1. The van der Waals surface area contributed by atoms with Crippen molar-refractivity contribution in [3.63, 3.8) is 0 Å². The molecule has 1 amide bonds. The number of furan rings is 1. The molecule has 8 heteroatoms. The molecule has 1 heterocycles. The summed E-state index contributed by atoms with van der Waals surface area (Å²) in [7, 11) is -3.87. The normalized spacial score (nSPS) is 11.8. The average molecular weight is 475 g/mol. The lowest BCUT2D eigenvalue weighted by molar-refractivity contribution is -0.132. The Kier molecular flexibility index (Phi) is 8.12. The lowest BCUT2D eigenvalue weighted by atomic mass is 10.1. The molecule has 6 nitrogen and oxygen atoms in total. The van der Waals surface area contributed by atoms with Gasteiger partial charge in [0.15, 0.2) is 0 Å². The van der Waals surface area contributed by atoms with Gasteiger partial charge < -0.3 is 9.32 Å². The summed E-state index contributed by atoms with van der Waals surface area (Å²) in [6, 6.07) is 19.0. The van der Waals surface area contributed by atoms with Gasteiger partial charge in [-0.15, -0.1) is 0 Å². The van der Waals surface area contributed by atoms with Crippen molar-refractivity contribution in [2.24, 2.45) is 0 Å². The maximum Gasteiger partial charge on any atom is 0.243 e. The van der Waals surface area contributed by atoms with E-state index in [2.05, 4.69) is 0 Å². The molecule has 0 spiro atoms. The van der Waals surface area contributed by atoms with Crippen LogP contribution < -0.4 is 0 Å². The first kappa shape index (κ1) is 24.0. The van der Waals surface area contributed by atoms with Gasteiger partial charge in [0.05, 0.1) is 24.2 Å². The van der Waals surface area contributed by atoms with Gasteiger partial charge in [-0.2, -0.15) is 4.31 Å². The van der Waals surface area contributed by atoms with Gasteiger partial charge in [0.1, 0.15) is 5.76 Å². The maximum absolute atomic E-state index is 13.3. The first-order valence-corrected chi connectivity index (χ1v) is 12.2. The third-order valence-electron chi connectivity index (χ3n) is 5.08. The Bertz CT molecular complexity index is 1100. The van der Waals surface area contributed by atoms with Crippen LogP contribution in [-0.2, 0) is 27.8 Å². The molecule has 0 bridgehead atoms. The predicted molar refractivity (Wildman–Crippen MR) is 125 cm³/mol. The van der Waals surface area contributed by atoms with Crippen molar-refractivity contribution in [2.75, 3.05) is 13.1 Å². The van der Waals surface area contributed by atoms with Gasteiger partial charge in [0.2, 0.25) is 15.9 Å². The summed E-state index contributed by atoms with van der Waals surface area (Å²) >= 11 is 5.90. The molecule has 1 aromatic heterocycles. The van der Waals surface area contributed by atoms with Crippen molar-refractivity contribution >= 4 is 27.5 Å². The Hall–Kier alpha value is -2.61. The van der Waals surface area contributed by atoms with E-state index in [1.807, 2.05) is 30.3 Å². The zero-order valence-corrected chi connectivity index (χ0v) is 19.7. The van der Waals surface area contributed by atoms with Crippen LogP contribution in [0.1, 0.15) is 25.2 Å². The molecule has 3 aromatic rings. The van der Waals surface area contributed by atoms with Crippen molar-refractivity contribution in [1.82, 2.24) is 9.21 Å². The highest BCUT2D eigenvalue weighted by atomic mass is 35.5. The van der Waals surface area contributed by atoms with Gasteiger partial charge in [-0.3, -0.25) is 4.79 Å². The number of hydrogen-bond acceptors (Lipinski definition) is 4. The van der Waals surface area contributed by atoms with Gasteiger partial charge in [-0.1, -0.05) is 41.9 Å². The van der Waals surface area contributed by atoms with Crippen LogP contribution in [0.25, 0.3) is 0 Å². The maximum atomic E-state index is 13.3. The fraction of sp³-hybridized carbons (Fsp3) is 0.292. The van der Waals surface area contributed by atoms with Crippen LogP contribution in [0.3, 0.4) is 0 Å². The number of hydrogen-bond donors (Lipinski definition) is 0. The van der Waals surface area contributed by atoms with E-state index in [0.29, 0.717) is 23.7 Å². The Morgan fingerprint density at radius 2 is 1.69 bits per heavy atom. The summed E-state index contributed by atoms with van der Waals surface area (Å²) in [5.41, 5.74) is 1.10. The molecule has 170 valence electrons. The molecule has 32 heavy (non-hydrogen) atoms. The van der Waals surface area contributed by atoms with E-state index < -0.39 is 16.1 Å². The van der Waals surface area contributed by atoms with Crippen LogP contribution >= 0.6 is 11.6 Å². The minimum Gasteiger partial charge on any atom is -0.467 e. The number of carbonyl (C=O) groups excluding carboxylic acids is 1. The average Bonchev–Trinajstić information content (AvgIpc) is 3.28. The van der Waals surface area contributed by atoms with E-state index in [9.17, 15) is 13.2 Å². The van der Waals surface area contributed by atoms with E-state index in [0.717, 1.165) is 5.56 Å². The number of benzene rings is 2. The van der Waals surface area contributed by atoms with E-state index in [1.54, 1.807) is 37.1 Å². The van der Waals surface area contributed by atoms with E-state index in [-0.39, 0.29) is 23.9 Å². The van der Waals surface area contributed by atoms with Gasteiger partial charge in [-0.05, 0) is 62.2 Å². The van der Waals surface area contributed by atoms with Crippen molar-refractivity contribution in [3.05, 3.63) is 89.3 Å². The minimum absolute atomic E-state index is 0.102. The molecule has 0 N–H and O–H groups in total. The van der Waals surface area contributed by atoms with Crippen molar-refractivity contribution in [2.45, 2.75) is 37.8 Å². The van der Waals surface area contributed by atoms with Gasteiger partial charge in [0.25, 0.3) is 0 Å². The Labute approximate surface area is 194 Å². The summed E-state index contributed by atoms with van der Waals surface area (Å²) < 4.78 is 33.1. The van der Waals surface area contributed by atoms with Crippen LogP contribution in [0.15, 0.2) is 82.3 Å². The quantitative estimate of drug-likeness (QED) is 0.430. The summed E-state index contributed by atoms with van der Waals surface area (Å²) in [5.74, 6) is 0.353. The lowest BCUT2D eigenvalue weighted by Crippen LogP contribution is -2.46. The summed E-state index contributed by atoms with van der Waals surface area (Å²) in [4.78, 5) is 15.0. The third-order valence-corrected chi connectivity index (χ3v) is 7.37. The fourth-order valence-corrected chi connectivity index (χ4v) is 5.02. The summed E-state index contributed by atoms with van der Waals surface area (Å²) in [5, 5.41) is 0.446. The van der Waals surface area contributed by atoms with Crippen LogP contribution in [0.5, 0.6) is 0 Å². The molecule has 0 fully saturated rings. The fourth-order valence-electron chi connectivity index (χ4n) is 3.31. The zero-order valence-electron chi connectivity index (χ0n) is 18.1. The molecule has 0 saturated heterocycles. The molecule has 0 aliphatic carbocycles. The third kappa shape index (κ3) is 6.22. The van der Waals surface area contributed by atoms with E-state index >= 15 is 0 Å². The molecule has 0 unspecified atom stereocenters. The van der Waals surface area contributed by atoms with Gasteiger partial charge in [0, 0.05) is 17.6 Å². The Morgan fingerprint density at radius 3 is 2.28 bits per heavy atom. The Balaban J connectivity index is 1.80. The van der Waals surface area contributed by atoms with E-state index in [1.165, 1.54) is 28.6 Å². The molecule has 0 aliphatic heterocycles. The highest BCUT2D eigenvalue weighted by molar-refractivity contribution is 7.89. The topological polar surface area (TPSA) is 70.8 Å². The van der Waals surface area contributed by atoms with Crippen molar-refractivity contribution in [1.29, 1.82) is 0 Å². The lowest BCUT2D eigenvalue weighted by Gasteiger charge is -2.29. The highest BCUT2D eigenvalue weighted by Crippen LogP contribution is 2.21. The predicted octanol–water partition coefficient (Wildman–Crippen LogP) is 4.60. The smallest absolute Gasteiger partial charge is 0.243 e. The van der Waals surface area contributed by atoms with Crippen molar-refractivity contribution < 1.29 is 17.6 Å². The highest BCUT2D eigenvalue weighted by Gasteiger charge is 2.30. The molecule has 3 rings (SSSR count). The molecule has 0 aliphatic rings. The zero-order chi connectivity index (χ0) is 23.1. The van der Waals surface area contributed by atoms with Crippen LogP contribution in [0, 0.1) is 0 Å². The summed E-state index contributed by atoms with van der Waals surface area (Å²) in [6.45, 7) is 3.95. The molecular formula is C24H27ClN2O4S. The second-order valence-electron chi connectivity index (χ2n) is 7.73. The first-order chi connectivity index (χ1) is 15.3. The van der Waals surface area contributed by atoms with E-state index in [4.69, 9.17) is 16.0 Å². The standard InChI is InChI=1S/C24H27ClN2O4S/c1-19(2)27(32(29,30)23-12-10-21(25)11-13-23)18-24(28)26(17-22-9-6-16-31-22)15-14-20-7-4-3-5-8-20/h3-13,16,19H,14-15,17-18H2,1-2H3.